The molecule has 0 atom stereocenters. The van der Waals surface area contributed by atoms with Crippen molar-refractivity contribution in [3.05, 3.63) is 96.4 Å². The summed E-state index contributed by atoms with van der Waals surface area (Å²) < 4.78 is 66.6. The number of allylic oxidation sites excluding steroid dienone is 5. The van der Waals surface area contributed by atoms with E-state index in [-0.39, 0.29) is 5.75 Å². The first-order valence-corrected chi connectivity index (χ1v) is 15.2. The first-order valence-electron chi connectivity index (χ1n) is 15.2. The normalized spacial score (nSPS) is 14.8. The molecule has 3 aromatic rings. The van der Waals surface area contributed by atoms with E-state index in [4.69, 9.17) is 14.5 Å². The Bertz CT molecular complexity index is 1450. The molecule has 0 N–H and O–H groups in total. The molecule has 2 aromatic carbocycles. The van der Waals surface area contributed by atoms with Crippen LogP contribution >= 0.6 is 0 Å². The van der Waals surface area contributed by atoms with Crippen molar-refractivity contribution in [2.45, 2.75) is 65.0 Å². The maximum atomic E-state index is 13.7. The van der Waals surface area contributed by atoms with Gasteiger partial charge in [-0.1, -0.05) is 33.3 Å². The zero-order chi connectivity index (χ0) is 31.7. The maximum absolute atomic E-state index is 13.7. The smallest absolute Gasteiger partial charge is 0.419 e. The average molecular weight is 612 g/mol. The SMILES string of the molecule is C=C/C(=C\C=C(/C)Oc1ccc(F)c(C(F)(F)F)c1)n1cc(-c2ccc(OCCCN(CC)CC)cc2)nc1C1CCCC1. The number of benzene rings is 2. The Morgan fingerprint density at radius 2 is 1.73 bits per heavy atom. The topological polar surface area (TPSA) is 39.5 Å². The summed E-state index contributed by atoms with van der Waals surface area (Å²) in [5.74, 6) is 0.958. The predicted octanol–water partition coefficient (Wildman–Crippen LogP) is 9.49. The minimum absolute atomic E-state index is 0.103. The Balaban J connectivity index is 1.53. The fraction of sp³-hybridized carbons (Fsp3) is 0.400. The number of halogens is 4. The minimum Gasteiger partial charge on any atom is -0.494 e. The number of ether oxygens (including phenoxy) is 2. The van der Waals surface area contributed by atoms with Crippen molar-refractivity contribution >= 4 is 5.70 Å². The van der Waals surface area contributed by atoms with Crippen LogP contribution < -0.4 is 9.47 Å². The molecule has 5 nitrogen and oxygen atoms in total. The third-order valence-corrected chi connectivity index (χ3v) is 7.88. The van der Waals surface area contributed by atoms with Crippen molar-refractivity contribution in [3.8, 4) is 22.8 Å². The van der Waals surface area contributed by atoms with Gasteiger partial charge in [0.15, 0.2) is 0 Å². The van der Waals surface area contributed by atoms with E-state index >= 15 is 0 Å². The van der Waals surface area contributed by atoms with Gasteiger partial charge in [-0.15, -0.1) is 0 Å². The van der Waals surface area contributed by atoms with E-state index in [9.17, 15) is 17.6 Å². The molecule has 1 aliphatic rings. The summed E-state index contributed by atoms with van der Waals surface area (Å²) in [4.78, 5) is 7.42. The summed E-state index contributed by atoms with van der Waals surface area (Å²) in [6, 6.07) is 10.5. The van der Waals surface area contributed by atoms with E-state index in [0.29, 0.717) is 24.4 Å². The maximum Gasteiger partial charge on any atom is 0.419 e. The molecule has 1 fully saturated rings. The van der Waals surface area contributed by atoms with Gasteiger partial charge < -0.3 is 18.9 Å². The van der Waals surface area contributed by atoms with Crippen LogP contribution in [0.4, 0.5) is 17.6 Å². The van der Waals surface area contributed by atoms with Gasteiger partial charge in [0.2, 0.25) is 0 Å². The summed E-state index contributed by atoms with van der Waals surface area (Å²) in [5.41, 5.74) is 1.17. The first kappa shape index (κ1) is 33.1. The van der Waals surface area contributed by atoms with Crippen molar-refractivity contribution in [1.82, 2.24) is 14.5 Å². The molecule has 0 amide bonds. The molecule has 0 aliphatic heterocycles. The van der Waals surface area contributed by atoms with Crippen molar-refractivity contribution in [2.24, 2.45) is 0 Å². The summed E-state index contributed by atoms with van der Waals surface area (Å²) in [6.45, 7) is 13.7. The van der Waals surface area contributed by atoms with Crippen LogP contribution in [-0.4, -0.2) is 40.7 Å². The lowest BCUT2D eigenvalue weighted by atomic mass is 10.1. The number of hydrogen-bond acceptors (Lipinski definition) is 4. The van der Waals surface area contributed by atoms with Crippen LogP contribution in [-0.2, 0) is 6.18 Å². The molecule has 0 unspecified atom stereocenters. The van der Waals surface area contributed by atoms with Gasteiger partial charge in [0.1, 0.15) is 28.9 Å². The Morgan fingerprint density at radius 1 is 1.05 bits per heavy atom. The van der Waals surface area contributed by atoms with Crippen LogP contribution in [0.1, 0.15) is 70.2 Å². The lowest BCUT2D eigenvalue weighted by molar-refractivity contribution is -0.140. The highest BCUT2D eigenvalue weighted by Gasteiger charge is 2.34. The monoisotopic (exact) mass is 611 g/mol. The number of hydrogen-bond donors (Lipinski definition) is 0. The summed E-state index contributed by atoms with van der Waals surface area (Å²) in [5, 5.41) is 0. The van der Waals surface area contributed by atoms with Crippen LogP contribution in [0.5, 0.6) is 11.5 Å². The lowest BCUT2D eigenvalue weighted by Crippen LogP contribution is -2.25. The van der Waals surface area contributed by atoms with E-state index in [2.05, 4.69) is 25.3 Å². The fourth-order valence-corrected chi connectivity index (χ4v) is 5.41. The molecule has 1 saturated carbocycles. The van der Waals surface area contributed by atoms with E-state index in [1.165, 1.54) is 6.07 Å². The Morgan fingerprint density at radius 3 is 2.36 bits per heavy atom. The fourth-order valence-electron chi connectivity index (χ4n) is 5.41. The van der Waals surface area contributed by atoms with Crippen LogP contribution in [0, 0.1) is 5.82 Å². The van der Waals surface area contributed by atoms with Crippen molar-refractivity contribution in [1.29, 1.82) is 0 Å². The van der Waals surface area contributed by atoms with Crippen molar-refractivity contribution < 1.29 is 27.0 Å². The average Bonchev–Trinajstić information content (AvgIpc) is 3.69. The van der Waals surface area contributed by atoms with Crippen LogP contribution in [0.3, 0.4) is 0 Å². The predicted molar refractivity (Wildman–Crippen MR) is 167 cm³/mol. The van der Waals surface area contributed by atoms with Crippen molar-refractivity contribution in [2.75, 3.05) is 26.2 Å². The molecule has 0 radical (unpaired) electrons. The molecule has 0 spiro atoms. The largest absolute Gasteiger partial charge is 0.494 e. The number of rotatable bonds is 14. The van der Waals surface area contributed by atoms with Gasteiger partial charge in [-0.2, -0.15) is 13.2 Å². The second-order valence-electron chi connectivity index (χ2n) is 10.9. The minimum atomic E-state index is -4.81. The van der Waals surface area contributed by atoms with Gasteiger partial charge in [-0.3, -0.25) is 0 Å². The second kappa shape index (κ2) is 15.2. The third kappa shape index (κ3) is 8.62. The van der Waals surface area contributed by atoms with Gasteiger partial charge in [0.05, 0.1) is 17.9 Å². The molecule has 236 valence electrons. The van der Waals surface area contributed by atoms with Crippen LogP contribution in [0.2, 0.25) is 0 Å². The number of alkyl halides is 3. The number of aromatic nitrogens is 2. The molecular formula is C35H41F4N3O2. The molecular weight excluding hydrogens is 570 g/mol. The van der Waals surface area contributed by atoms with Crippen LogP contribution in [0.25, 0.3) is 17.0 Å². The van der Waals surface area contributed by atoms with Gasteiger partial charge in [0, 0.05) is 29.9 Å². The second-order valence-corrected chi connectivity index (χ2v) is 10.9. The highest BCUT2D eigenvalue weighted by molar-refractivity contribution is 5.65. The van der Waals surface area contributed by atoms with E-state index in [1.807, 2.05) is 35.0 Å². The van der Waals surface area contributed by atoms with Gasteiger partial charge in [-0.25, -0.2) is 9.37 Å². The Labute approximate surface area is 257 Å². The summed E-state index contributed by atoms with van der Waals surface area (Å²) in [6.07, 6.45) is 7.67. The molecule has 4 rings (SSSR count). The number of nitrogens with zero attached hydrogens (tertiary/aromatic N) is 3. The van der Waals surface area contributed by atoms with Gasteiger partial charge in [-0.05, 0) is 100.0 Å². The van der Waals surface area contributed by atoms with E-state index in [1.54, 1.807) is 25.2 Å². The highest BCUT2D eigenvalue weighted by atomic mass is 19.4. The zero-order valence-corrected chi connectivity index (χ0v) is 25.7. The Hall–Kier alpha value is -3.85. The van der Waals surface area contributed by atoms with Gasteiger partial charge in [0.25, 0.3) is 0 Å². The third-order valence-electron chi connectivity index (χ3n) is 7.88. The molecule has 9 heteroatoms. The standard InChI is InChI=1S/C35H41F4N3O2/c1-5-28(16-13-25(4)44-30-19-20-32(36)31(23-30)35(37,38)39)42-24-33(40-34(42)27-11-8-9-12-27)26-14-17-29(18-15-26)43-22-10-21-41(6-2)7-3/h5,13-20,23-24,27H,1,6-12,21-22H2,2-4H3/b25-13+,28-16+. The van der Waals surface area contributed by atoms with Gasteiger partial charge >= 0.3 is 6.18 Å². The summed E-state index contributed by atoms with van der Waals surface area (Å²) >= 11 is 0. The molecule has 1 aliphatic carbocycles. The molecule has 1 aromatic heterocycles. The molecule has 44 heavy (non-hydrogen) atoms. The Kier molecular flexibility index (Phi) is 11.4. The highest BCUT2D eigenvalue weighted by Crippen LogP contribution is 2.37. The molecule has 0 saturated heterocycles. The van der Waals surface area contributed by atoms with E-state index < -0.39 is 17.6 Å². The van der Waals surface area contributed by atoms with Crippen LogP contribution in [0.15, 0.2) is 79.2 Å². The molecule has 1 heterocycles. The number of imidazole rings is 1. The van der Waals surface area contributed by atoms with E-state index in [0.717, 1.165) is 86.3 Å². The first-order chi connectivity index (χ1) is 21.1. The quantitative estimate of drug-likeness (QED) is 0.0788. The zero-order valence-electron chi connectivity index (χ0n) is 25.7. The summed E-state index contributed by atoms with van der Waals surface area (Å²) in [7, 11) is 0. The lowest BCUT2D eigenvalue weighted by Gasteiger charge is -2.17. The molecule has 0 bridgehead atoms. The van der Waals surface area contributed by atoms with Crippen molar-refractivity contribution in [3.63, 3.8) is 0 Å².